The van der Waals surface area contributed by atoms with E-state index in [9.17, 15) is 26.4 Å². The van der Waals surface area contributed by atoms with Crippen LogP contribution in [0.25, 0.3) is 0 Å². The molecule has 0 aliphatic carbocycles. The molecule has 3 rings (SSSR count). The molecule has 0 saturated heterocycles. The number of amides is 1. The molecule has 1 N–H and O–H groups in total. The van der Waals surface area contributed by atoms with Gasteiger partial charge in [0.1, 0.15) is 6.54 Å². The number of sulfonamides is 1. The molecule has 0 atom stereocenters. The highest BCUT2D eigenvalue weighted by atomic mass is 32.2. The maximum atomic E-state index is 13.6. The van der Waals surface area contributed by atoms with Crippen molar-refractivity contribution in [3.05, 3.63) is 83.7 Å². The van der Waals surface area contributed by atoms with Crippen molar-refractivity contribution in [2.75, 3.05) is 16.2 Å². The lowest BCUT2D eigenvalue weighted by atomic mass is 10.1. The third-order valence-corrected chi connectivity index (χ3v) is 6.44. The fourth-order valence-corrected chi connectivity index (χ4v) is 4.79. The third-order valence-electron chi connectivity index (χ3n) is 4.63. The molecule has 1 amide bonds. The van der Waals surface area contributed by atoms with Gasteiger partial charge in [0.15, 0.2) is 0 Å². The lowest BCUT2D eigenvalue weighted by Crippen LogP contribution is -2.39. The van der Waals surface area contributed by atoms with Crippen LogP contribution in [0, 0.1) is 13.8 Å². The number of pyridine rings is 1. The van der Waals surface area contributed by atoms with E-state index in [1.54, 1.807) is 38.1 Å². The van der Waals surface area contributed by atoms with Crippen LogP contribution in [0.2, 0.25) is 0 Å². The van der Waals surface area contributed by atoms with Gasteiger partial charge in [-0.25, -0.2) is 8.42 Å². The second-order valence-corrected chi connectivity index (χ2v) is 8.92. The Hall–Kier alpha value is -3.40. The zero-order valence-electron chi connectivity index (χ0n) is 17.2. The number of carbonyl (C=O) groups excluding carboxylic acids is 1. The Morgan fingerprint density at radius 2 is 1.78 bits per heavy atom. The van der Waals surface area contributed by atoms with Crippen LogP contribution in [0.15, 0.2) is 71.9 Å². The number of nitrogens with zero attached hydrogens (tertiary/aromatic N) is 2. The second kappa shape index (κ2) is 8.99. The molecule has 0 fully saturated rings. The lowest BCUT2D eigenvalue weighted by molar-refractivity contribution is -0.139. The molecule has 0 saturated carbocycles. The molecule has 10 heteroatoms. The molecular weight excluding hydrogens is 443 g/mol. The molecule has 0 aliphatic heterocycles. The van der Waals surface area contributed by atoms with Gasteiger partial charge in [-0.2, -0.15) is 13.2 Å². The second-order valence-electron chi connectivity index (χ2n) is 7.09. The van der Waals surface area contributed by atoms with Crippen LogP contribution in [-0.4, -0.2) is 25.9 Å². The van der Waals surface area contributed by atoms with Gasteiger partial charge in [0, 0.05) is 6.20 Å². The number of rotatable bonds is 6. The van der Waals surface area contributed by atoms with E-state index in [4.69, 9.17) is 0 Å². The summed E-state index contributed by atoms with van der Waals surface area (Å²) in [6.45, 7) is 2.60. The lowest BCUT2D eigenvalue weighted by Gasteiger charge is -2.27. The molecule has 0 bridgehead atoms. The van der Waals surface area contributed by atoms with Crippen LogP contribution in [0.4, 0.5) is 24.5 Å². The minimum Gasteiger partial charge on any atom is -0.323 e. The smallest absolute Gasteiger partial charge is 0.323 e. The summed E-state index contributed by atoms with van der Waals surface area (Å²) in [4.78, 5) is 15.6. The maximum absolute atomic E-state index is 13.6. The predicted molar refractivity (Wildman–Crippen MR) is 115 cm³/mol. The summed E-state index contributed by atoms with van der Waals surface area (Å²) in [5.41, 5.74) is 0.304. The number of benzene rings is 2. The number of aromatic nitrogens is 1. The Morgan fingerprint density at radius 3 is 2.44 bits per heavy atom. The van der Waals surface area contributed by atoms with E-state index in [0.717, 1.165) is 12.1 Å². The first-order valence-electron chi connectivity index (χ1n) is 9.46. The summed E-state index contributed by atoms with van der Waals surface area (Å²) in [5, 5.41) is 2.51. The van der Waals surface area contributed by atoms with Gasteiger partial charge < -0.3 is 5.32 Å². The summed E-state index contributed by atoms with van der Waals surface area (Å²) in [6, 6.07) is 11.9. The zero-order chi connectivity index (χ0) is 23.5. The van der Waals surface area contributed by atoms with Crippen LogP contribution in [0.5, 0.6) is 0 Å². The predicted octanol–water partition coefficient (Wildman–Crippen LogP) is 4.55. The summed E-state index contributed by atoms with van der Waals surface area (Å²) < 4.78 is 68.4. The van der Waals surface area contributed by atoms with E-state index < -0.39 is 39.1 Å². The summed E-state index contributed by atoms with van der Waals surface area (Å²) in [6.07, 6.45) is -2.03. The highest BCUT2D eigenvalue weighted by Crippen LogP contribution is 2.37. The van der Waals surface area contributed by atoms with Gasteiger partial charge in [-0.1, -0.05) is 24.3 Å². The van der Waals surface area contributed by atoms with Crippen LogP contribution >= 0.6 is 0 Å². The number of alkyl halides is 3. The highest BCUT2D eigenvalue weighted by Gasteiger charge is 2.39. The van der Waals surface area contributed by atoms with E-state index in [1.807, 2.05) is 0 Å². The maximum Gasteiger partial charge on any atom is 0.417 e. The Balaban J connectivity index is 2.11. The minimum atomic E-state index is -4.89. The molecular formula is C22H20F3N3O3S. The summed E-state index contributed by atoms with van der Waals surface area (Å²) >= 11 is 0. The van der Waals surface area contributed by atoms with Crippen molar-refractivity contribution < 1.29 is 26.4 Å². The van der Waals surface area contributed by atoms with E-state index in [1.165, 1.54) is 24.5 Å². The molecule has 2 aromatic carbocycles. The molecule has 168 valence electrons. The van der Waals surface area contributed by atoms with E-state index in [-0.39, 0.29) is 5.69 Å². The minimum absolute atomic E-state index is 0.114. The average Bonchev–Trinajstić information content (AvgIpc) is 2.74. The number of carbonyl (C=O) groups is 1. The van der Waals surface area contributed by atoms with E-state index in [0.29, 0.717) is 27.2 Å². The largest absolute Gasteiger partial charge is 0.417 e. The monoisotopic (exact) mass is 463 g/mol. The van der Waals surface area contributed by atoms with Gasteiger partial charge in [0.25, 0.3) is 10.0 Å². The number of nitrogens with one attached hydrogen (secondary N) is 1. The third kappa shape index (κ3) is 5.08. The number of hydrogen-bond donors (Lipinski definition) is 1. The van der Waals surface area contributed by atoms with Gasteiger partial charge >= 0.3 is 6.18 Å². The van der Waals surface area contributed by atoms with E-state index >= 15 is 0 Å². The van der Waals surface area contributed by atoms with Crippen LogP contribution < -0.4 is 9.62 Å². The molecule has 0 unspecified atom stereocenters. The van der Waals surface area contributed by atoms with Crippen molar-refractivity contribution in [1.29, 1.82) is 0 Å². The Kier molecular flexibility index (Phi) is 6.54. The van der Waals surface area contributed by atoms with Crippen LogP contribution in [-0.2, 0) is 21.0 Å². The quantitative estimate of drug-likeness (QED) is 0.582. The van der Waals surface area contributed by atoms with Crippen molar-refractivity contribution in [3.63, 3.8) is 0 Å². The number of hydrogen-bond acceptors (Lipinski definition) is 4. The van der Waals surface area contributed by atoms with Gasteiger partial charge in [0.05, 0.1) is 28.0 Å². The molecule has 1 aromatic heterocycles. The van der Waals surface area contributed by atoms with E-state index in [2.05, 4.69) is 10.3 Å². The molecule has 32 heavy (non-hydrogen) atoms. The summed E-state index contributed by atoms with van der Waals surface area (Å²) in [5.74, 6) is -0.730. The molecule has 0 spiro atoms. The Labute approximate surface area is 183 Å². The number of anilines is 2. The molecule has 0 radical (unpaired) electrons. The molecule has 0 aliphatic rings. The van der Waals surface area contributed by atoms with Crippen molar-refractivity contribution >= 4 is 27.3 Å². The molecule has 6 nitrogen and oxygen atoms in total. The number of aryl methyl sites for hydroxylation is 2. The van der Waals surface area contributed by atoms with Crippen molar-refractivity contribution in [3.8, 4) is 0 Å². The topological polar surface area (TPSA) is 79.4 Å². The SMILES string of the molecule is Cc1ccc(C)c(N(CC(=O)Nc2cccnc2)S(=O)(=O)c2ccccc2C(F)(F)F)c1. The zero-order valence-corrected chi connectivity index (χ0v) is 18.0. The first-order chi connectivity index (χ1) is 15.0. The first kappa shape index (κ1) is 23.3. The van der Waals surface area contributed by atoms with Gasteiger partial charge in [0.2, 0.25) is 5.91 Å². The van der Waals surface area contributed by atoms with Gasteiger partial charge in [-0.05, 0) is 55.3 Å². The fourth-order valence-electron chi connectivity index (χ4n) is 3.10. The van der Waals surface area contributed by atoms with Gasteiger partial charge in [-0.3, -0.25) is 14.1 Å². The number of halogens is 3. The van der Waals surface area contributed by atoms with Crippen molar-refractivity contribution in [2.45, 2.75) is 24.9 Å². The highest BCUT2D eigenvalue weighted by molar-refractivity contribution is 7.93. The van der Waals surface area contributed by atoms with Crippen molar-refractivity contribution in [2.24, 2.45) is 0 Å². The molecule has 3 aromatic rings. The van der Waals surface area contributed by atoms with Crippen LogP contribution in [0.3, 0.4) is 0 Å². The van der Waals surface area contributed by atoms with Gasteiger partial charge in [-0.15, -0.1) is 0 Å². The normalized spacial score (nSPS) is 11.8. The van der Waals surface area contributed by atoms with Crippen molar-refractivity contribution in [1.82, 2.24) is 4.98 Å². The van der Waals surface area contributed by atoms with Crippen LogP contribution in [0.1, 0.15) is 16.7 Å². The fraction of sp³-hybridized carbons (Fsp3) is 0.182. The standard InChI is InChI=1S/C22H20F3N3O3S/c1-15-9-10-16(2)19(12-15)28(14-21(29)27-17-6-5-11-26-13-17)32(30,31)20-8-4-3-7-18(20)22(23,24)25/h3-13H,14H2,1-2H3,(H,27,29). The summed E-state index contributed by atoms with van der Waals surface area (Å²) in [7, 11) is -4.76. The average molecular weight is 463 g/mol. The Morgan fingerprint density at radius 1 is 1.06 bits per heavy atom. The first-order valence-corrected chi connectivity index (χ1v) is 10.9. The Bertz CT molecular complexity index is 1230. The molecule has 1 heterocycles.